The van der Waals surface area contributed by atoms with E-state index in [0.717, 1.165) is 17.7 Å². The molecule has 0 aliphatic carbocycles. The Morgan fingerprint density at radius 1 is 1.31 bits per heavy atom. The van der Waals surface area contributed by atoms with Gasteiger partial charge in [0.25, 0.3) is 0 Å². The second-order valence-corrected chi connectivity index (χ2v) is 7.24. The zero-order valence-electron chi connectivity index (χ0n) is 14.4. The zero-order chi connectivity index (χ0) is 18.9. The molecule has 2 aromatic rings. The van der Waals surface area contributed by atoms with Crippen LogP contribution in [0, 0.1) is 3.57 Å². The van der Waals surface area contributed by atoms with Crippen LogP contribution in [0.4, 0.5) is 0 Å². The van der Waals surface area contributed by atoms with Crippen LogP contribution >= 0.6 is 46.4 Å². The van der Waals surface area contributed by atoms with Crippen LogP contribution in [0.5, 0.6) is 11.5 Å². The number of thiocarbonyl (C=S) groups is 1. The number of hydrogen-bond acceptors (Lipinski definition) is 4. The van der Waals surface area contributed by atoms with Crippen LogP contribution in [0.25, 0.3) is 0 Å². The molecule has 26 heavy (non-hydrogen) atoms. The van der Waals surface area contributed by atoms with E-state index in [1.807, 2.05) is 31.2 Å². The van der Waals surface area contributed by atoms with Crippen molar-refractivity contribution in [2.24, 2.45) is 5.10 Å². The Balaban J connectivity index is 2.09. The normalized spacial score (nSPS) is 10.6. The average Bonchev–Trinajstić information content (AvgIpc) is 2.62. The molecule has 138 valence electrons. The fraction of sp³-hybridized carbons (Fsp3) is 0.222. The standard InChI is InChI=1S/C18H19ClIN3O2S/c1-3-21-18(26)23-22-10-13-8-15(19)17(16(9-13)24-2)25-11-12-4-6-14(20)7-5-12/h4-10H,3,11H2,1-2H3,(H2,21,23,26)/b22-10-. The molecule has 0 fully saturated rings. The summed E-state index contributed by atoms with van der Waals surface area (Å²) in [6, 6.07) is 11.7. The molecule has 0 amide bonds. The molecule has 0 aromatic heterocycles. The summed E-state index contributed by atoms with van der Waals surface area (Å²) in [5, 5.41) is 7.93. The Hall–Kier alpha value is -1.58. The second kappa shape index (κ2) is 10.5. The number of hydrazone groups is 1. The van der Waals surface area contributed by atoms with Crippen molar-refractivity contribution < 1.29 is 9.47 Å². The van der Waals surface area contributed by atoms with Gasteiger partial charge < -0.3 is 14.8 Å². The Labute approximate surface area is 177 Å². The summed E-state index contributed by atoms with van der Waals surface area (Å²) in [5.74, 6) is 1.04. The maximum absolute atomic E-state index is 6.37. The first-order valence-corrected chi connectivity index (χ1v) is 9.71. The van der Waals surface area contributed by atoms with Gasteiger partial charge >= 0.3 is 0 Å². The summed E-state index contributed by atoms with van der Waals surface area (Å²) < 4.78 is 12.4. The molecule has 0 bridgehead atoms. The SMILES string of the molecule is CCNC(=S)N/N=C\c1cc(Cl)c(OCc2ccc(I)cc2)c(OC)c1. The van der Waals surface area contributed by atoms with Crippen molar-refractivity contribution >= 4 is 57.7 Å². The molecule has 0 saturated carbocycles. The van der Waals surface area contributed by atoms with Crippen molar-refractivity contribution in [3.63, 3.8) is 0 Å². The van der Waals surface area contributed by atoms with Gasteiger partial charge in [0.05, 0.1) is 18.3 Å². The van der Waals surface area contributed by atoms with Crippen LogP contribution in [-0.2, 0) is 6.61 Å². The van der Waals surface area contributed by atoms with E-state index in [0.29, 0.717) is 28.2 Å². The highest BCUT2D eigenvalue weighted by Gasteiger charge is 2.12. The van der Waals surface area contributed by atoms with Crippen molar-refractivity contribution in [3.8, 4) is 11.5 Å². The maximum Gasteiger partial charge on any atom is 0.186 e. The first kappa shape index (κ1) is 20.7. The lowest BCUT2D eigenvalue weighted by Crippen LogP contribution is -2.31. The van der Waals surface area contributed by atoms with Crippen LogP contribution in [0.3, 0.4) is 0 Å². The predicted octanol–water partition coefficient (Wildman–Crippen LogP) is 4.35. The van der Waals surface area contributed by atoms with E-state index in [4.69, 9.17) is 33.3 Å². The highest BCUT2D eigenvalue weighted by atomic mass is 127. The number of halogens is 2. The van der Waals surface area contributed by atoms with Crippen LogP contribution in [-0.4, -0.2) is 25.0 Å². The smallest absolute Gasteiger partial charge is 0.186 e. The molecular formula is C18H19ClIN3O2S. The third kappa shape index (κ3) is 6.30. The van der Waals surface area contributed by atoms with E-state index in [1.165, 1.54) is 3.57 Å². The molecule has 0 aliphatic rings. The average molecular weight is 504 g/mol. The van der Waals surface area contributed by atoms with Gasteiger partial charge in [0.1, 0.15) is 6.61 Å². The molecule has 0 aliphatic heterocycles. The lowest BCUT2D eigenvalue weighted by Gasteiger charge is -2.13. The van der Waals surface area contributed by atoms with E-state index < -0.39 is 0 Å². The fourth-order valence-electron chi connectivity index (χ4n) is 2.06. The van der Waals surface area contributed by atoms with E-state index in [-0.39, 0.29) is 0 Å². The Bertz CT molecular complexity index is 785. The molecule has 2 aromatic carbocycles. The lowest BCUT2D eigenvalue weighted by molar-refractivity contribution is 0.284. The van der Waals surface area contributed by atoms with Crippen molar-refractivity contribution in [1.29, 1.82) is 0 Å². The zero-order valence-corrected chi connectivity index (χ0v) is 18.1. The highest BCUT2D eigenvalue weighted by Crippen LogP contribution is 2.36. The minimum atomic E-state index is 0.402. The minimum absolute atomic E-state index is 0.402. The summed E-state index contributed by atoms with van der Waals surface area (Å²) >= 11 is 13.7. The Morgan fingerprint density at radius 2 is 2.04 bits per heavy atom. The molecule has 0 spiro atoms. The molecular weight excluding hydrogens is 485 g/mol. The largest absolute Gasteiger partial charge is 0.493 e. The number of hydrogen-bond donors (Lipinski definition) is 2. The third-order valence-electron chi connectivity index (χ3n) is 3.27. The number of nitrogens with zero attached hydrogens (tertiary/aromatic N) is 1. The van der Waals surface area contributed by atoms with Gasteiger partial charge in [-0.05, 0) is 77.1 Å². The van der Waals surface area contributed by atoms with Gasteiger partial charge in [0.15, 0.2) is 16.6 Å². The molecule has 2 N–H and O–H groups in total. The summed E-state index contributed by atoms with van der Waals surface area (Å²) in [6.45, 7) is 3.09. The van der Waals surface area contributed by atoms with Crippen LogP contribution in [0.15, 0.2) is 41.5 Å². The summed E-state index contributed by atoms with van der Waals surface area (Å²) in [7, 11) is 1.57. The first-order chi connectivity index (χ1) is 12.5. The summed E-state index contributed by atoms with van der Waals surface area (Å²) in [6.07, 6.45) is 1.61. The number of benzene rings is 2. The van der Waals surface area contributed by atoms with Gasteiger partial charge in [-0.2, -0.15) is 5.10 Å². The van der Waals surface area contributed by atoms with Gasteiger partial charge in [0.2, 0.25) is 0 Å². The summed E-state index contributed by atoms with van der Waals surface area (Å²) in [5.41, 5.74) is 4.54. The maximum atomic E-state index is 6.37. The van der Waals surface area contributed by atoms with Crippen molar-refractivity contribution in [1.82, 2.24) is 10.7 Å². The summed E-state index contributed by atoms with van der Waals surface area (Å²) in [4.78, 5) is 0. The van der Waals surface area contributed by atoms with Crippen molar-refractivity contribution in [3.05, 3.63) is 56.1 Å². The van der Waals surface area contributed by atoms with Gasteiger partial charge in [-0.3, -0.25) is 5.43 Å². The van der Waals surface area contributed by atoms with Gasteiger partial charge in [-0.15, -0.1) is 0 Å². The Kier molecular flexibility index (Phi) is 8.40. The number of nitrogens with one attached hydrogen (secondary N) is 2. The molecule has 8 heteroatoms. The molecule has 2 rings (SSSR count). The molecule has 0 heterocycles. The van der Waals surface area contributed by atoms with E-state index in [2.05, 4.69) is 38.4 Å². The van der Waals surface area contributed by atoms with E-state index >= 15 is 0 Å². The molecule has 0 radical (unpaired) electrons. The minimum Gasteiger partial charge on any atom is -0.493 e. The topological polar surface area (TPSA) is 54.9 Å². The van der Waals surface area contributed by atoms with Gasteiger partial charge in [-0.25, -0.2) is 0 Å². The van der Waals surface area contributed by atoms with Crippen LogP contribution in [0.1, 0.15) is 18.1 Å². The molecule has 0 saturated heterocycles. The third-order valence-corrected chi connectivity index (χ3v) is 4.50. The van der Waals surface area contributed by atoms with Crippen molar-refractivity contribution in [2.75, 3.05) is 13.7 Å². The highest BCUT2D eigenvalue weighted by molar-refractivity contribution is 14.1. The lowest BCUT2D eigenvalue weighted by atomic mass is 10.2. The van der Waals surface area contributed by atoms with Crippen molar-refractivity contribution in [2.45, 2.75) is 13.5 Å². The second-order valence-electron chi connectivity index (χ2n) is 5.18. The quantitative estimate of drug-likeness (QED) is 0.255. The van der Waals surface area contributed by atoms with Crippen LogP contribution < -0.4 is 20.2 Å². The first-order valence-electron chi connectivity index (χ1n) is 7.85. The van der Waals surface area contributed by atoms with E-state index in [9.17, 15) is 0 Å². The monoisotopic (exact) mass is 503 g/mol. The Morgan fingerprint density at radius 3 is 2.69 bits per heavy atom. The fourth-order valence-corrected chi connectivity index (χ4v) is 2.89. The molecule has 5 nitrogen and oxygen atoms in total. The van der Waals surface area contributed by atoms with Crippen LogP contribution in [0.2, 0.25) is 5.02 Å². The predicted molar refractivity (Wildman–Crippen MR) is 118 cm³/mol. The number of ether oxygens (including phenoxy) is 2. The van der Waals surface area contributed by atoms with Gasteiger partial charge in [-0.1, -0.05) is 23.7 Å². The molecule has 0 unspecified atom stereocenters. The van der Waals surface area contributed by atoms with Gasteiger partial charge in [0, 0.05) is 10.1 Å². The molecule has 0 atom stereocenters. The van der Waals surface area contributed by atoms with E-state index in [1.54, 1.807) is 25.5 Å². The number of rotatable bonds is 7. The number of methoxy groups -OCH3 is 1.